The number of aromatic nitrogens is 3. The Bertz CT molecular complexity index is 2030. The molecule has 1 unspecified atom stereocenters. The summed E-state index contributed by atoms with van der Waals surface area (Å²) in [6, 6.07) is 44.8. The summed E-state index contributed by atoms with van der Waals surface area (Å²) in [6.45, 7) is 7.32. The predicted octanol–water partition coefficient (Wildman–Crippen LogP) is 10.0. The molecule has 5 aromatic carbocycles. The van der Waals surface area contributed by atoms with Gasteiger partial charge in [-0.15, -0.1) is 0 Å². The second kappa shape index (κ2) is 11.3. The third kappa shape index (κ3) is 4.95. The summed E-state index contributed by atoms with van der Waals surface area (Å²) >= 11 is 0. The minimum Gasteiger partial charge on any atom is -0.208 e. The molecule has 0 amide bonds. The SMILES string of the molecule is CC1C=CC2=C(C1)[Si](C)(C)c1c2cccc1-c1nc(-c2ccc(-c3ccccc3)cc2)nc(-c2ccc(-c3ccccc3)cc2)n1. The Balaban J connectivity index is 1.27. The predicted molar refractivity (Wildman–Crippen MR) is 194 cm³/mol. The molecule has 0 fully saturated rings. The summed E-state index contributed by atoms with van der Waals surface area (Å²) in [5, 5.41) is 3.09. The maximum atomic E-state index is 5.21. The van der Waals surface area contributed by atoms with Crippen molar-refractivity contribution in [2.75, 3.05) is 0 Å². The molecule has 0 N–H and O–H groups in total. The largest absolute Gasteiger partial charge is 0.208 e. The van der Waals surface area contributed by atoms with Gasteiger partial charge in [-0.3, -0.25) is 0 Å². The molecule has 0 saturated carbocycles. The first-order valence-electron chi connectivity index (χ1n) is 16.1. The Morgan fingerprint density at radius 2 is 0.957 bits per heavy atom. The Kier molecular flexibility index (Phi) is 6.96. The highest BCUT2D eigenvalue weighted by Crippen LogP contribution is 2.43. The molecule has 0 spiro atoms. The molecule has 3 nitrogen and oxygen atoms in total. The van der Waals surface area contributed by atoms with Gasteiger partial charge in [0.1, 0.15) is 8.07 Å². The summed E-state index contributed by atoms with van der Waals surface area (Å²) in [6.07, 6.45) is 5.86. The monoisotopic (exact) mass is 609 g/mol. The number of benzene rings is 5. The molecule has 1 atom stereocenters. The zero-order chi connectivity index (χ0) is 31.3. The van der Waals surface area contributed by atoms with Crippen molar-refractivity contribution in [2.24, 2.45) is 5.92 Å². The first kappa shape index (κ1) is 28.3. The maximum Gasteiger partial charge on any atom is 0.164 e. The molecular weight excluding hydrogens is 575 g/mol. The van der Waals surface area contributed by atoms with Crippen LogP contribution >= 0.6 is 0 Å². The second-order valence-electron chi connectivity index (χ2n) is 13.0. The molecule has 2 aliphatic rings. The van der Waals surface area contributed by atoms with Crippen molar-refractivity contribution in [1.82, 2.24) is 15.0 Å². The van der Waals surface area contributed by atoms with E-state index < -0.39 is 8.07 Å². The molecule has 0 bridgehead atoms. The van der Waals surface area contributed by atoms with Crippen LogP contribution in [0, 0.1) is 5.92 Å². The lowest BCUT2D eigenvalue weighted by Crippen LogP contribution is -2.43. The smallest absolute Gasteiger partial charge is 0.164 e. The van der Waals surface area contributed by atoms with Gasteiger partial charge in [0, 0.05) is 16.7 Å². The third-order valence-electron chi connectivity index (χ3n) is 9.55. The Labute approximate surface area is 272 Å². The molecular formula is C42H35N3Si. The molecule has 222 valence electrons. The van der Waals surface area contributed by atoms with Gasteiger partial charge in [-0.05, 0) is 50.9 Å². The van der Waals surface area contributed by atoms with Crippen molar-refractivity contribution in [2.45, 2.75) is 26.4 Å². The summed E-state index contributed by atoms with van der Waals surface area (Å²) in [4.78, 5) is 15.5. The highest BCUT2D eigenvalue weighted by Gasteiger charge is 2.42. The first-order valence-corrected chi connectivity index (χ1v) is 19.1. The minimum absolute atomic E-state index is 0.566. The Hall–Kier alpha value is -5.19. The van der Waals surface area contributed by atoms with Crippen LogP contribution in [0.15, 0.2) is 145 Å². The van der Waals surface area contributed by atoms with Crippen molar-refractivity contribution in [1.29, 1.82) is 0 Å². The molecule has 0 saturated heterocycles. The van der Waals surface area contributed by atoms with Crippen LogP contribution in [0.25, 0.3) is 62.0 Å². The van der Waals surface area contributed by atoms with Gasteiger partial charge in [-0.2, -0.15) is 0 Å². The zero-order valence-corrected chi connectivity index (χ0v) is 27.4. The average molecular weight is 610 g/mol. The lowest BCUT2D eigenvalue weighted by molar-refractivity contribution is 0.728. The van der Waals surface area contributed by atoms with Crippen LogP contribution in [0.1, 0.15) is 18.9 Å². The lowest BCUT2D eigenvalue weighted by atomic mass is 9.93. The van der Waals surface area contributed by atoms with E-state index in [1.165, 1.54) is 38.6 Å². The van der Waals surface area contributed by atoms with Crippen LogP contribution in [-0.2, 0) is 0 Å². The summed E-state index contributed by atoms with van der Waals surface area (Å²) in [7, 11) is -1.95. The van der Waals surface area contributed by atoms with E-state index in [-0.39, 0.29) is 0 Å². The van der Waals surface area contributed by atoms with E-state index in [4.69, 9.17) is 15.0 Å². The van der Waals surface area contributed by atoms with Crippen molar-refractivity contribution < 1.29 is 0 Å². The molecule has 1 aliphatic carbocycles. The van der Waals surface area contributed by atoms with Gasteiger partial charge >= 0.3 is 0 Å². The normalized spacial score (nSPS) is 16.3. The first-order chi connectivity index (χ1) is 22.5. The number of nitrogens with zero attached hydrogens (tertiary/aromatic N) is 3. The summed E-state index contributed by atoms with van der Waals surface area (Å²) < 4.78 is 0. The lowest BCUT2D eigenvalue weighted by Gasteiger charge is -2.27. The maximum absolute atomic E-state index is 5.21. The van der Waals surface area contributed by atoms with Crippen LogP contribution in [0.4, 0.5) is 0 Å². The van der Waals surface area contributed by atoms with Crippen LogP contribution in [0.3, 0.4) is 0 Å². The van der Waals surface area contributed by atoms with E-state index in [2.05, 4.69) is 147 Å². The molecule has 6 aromatic rings. The zero-order valence-electron chi connectivity index (χ0n) is 26.4. The van der Waals surface area contributed by atoms with Crippen molar-refractivity contribution in [3.8, 4) is 56.4 Å². The van der Waals surface area contributed by atoms with Gasteiger partial charge in [-0.1, -0.05) is 165 Å². The summed E-state index contributed by atoms with van der Waals surface area (Å²) in [5.41, 5.74) is 10.6. The number of hydrogen-bond acceptors (Lipinski definition) is 3. The minimum atomic E-state index is -1.95. The van der Waals surface area contributed by atoms with Gasteiger partial charge in [0.15, 0.2) is 17.5 Å². The molecule has 0 radical (unpaired) electrons. The van der Waals surface area contributed by atoms with Crippen LogP contribution in [-0.4, -0.2) is 23.0 Å². The van der Waals surface area contributed by atoms with Gasteiger partial charge in [-0.25, -0.2) is 15.0 Å². The average Bonchev–Trinajstić information content (AvgIpc) is 3.34. The fourth-order valence-electron chi connectivity index (χ4n) is 7.13. The third-order valence-corrected chi connectivity index (χ3v) is 13.3. The summed E-state index contributed by atoms with van der Waals surface area (Å²) in [5.74, 6) is 2.69. The highest BCUT2D eigenvalue weighted by molar-refractivity contribution is 6.99. The molecule has 2 heterocycles. The second-order valence-corrected chi connectivity index (χ2v) is 17.3. The highest BCUT2D eigenvalue weighted by atomic mass is 28.3. The number of allylic oxidation sites excluding steroid dienone is 4. The van der Waals surface area contributed by atoms with E-state index in [0.717, 1.165) is 28.9 Å². The number of rotatable bonds is 5. The van der Waals surface area contributed by atoms with Gasteiger partial charge in [0.25, 0.3) is 0 Å². The van der Waals surface area contributed by atoms with E-state index in [1.54, 1.807) is 5.20 Å². The van der Waals surface area contributed by atoms with E-state index in [9.17, 15) is 0 Å². The molecule has 1 aromatic heterocycles. The topological polar surface area (TPSA) is 38.7 Å². The fourth-order valence-corrected chi connectivity index (χ4v) is 10.9. The van der Waals surface area contributed by atoms with Gasteiger partial charge in [0.2, 0.25) is 0 Å². The quantitative estimate of drug-likeness (QED) is 0.183. The van der Waals surface area contributed by atoms with Crippen LogP contribution in [0.5, 0.6) is 0 Å². The fraction of sp³-hybridized carbons (Fsp3) is 0.119. The van der Waals surface area contributed by atoms with E-state index in [1.807, 2.05) is 12.1 Å². The Morgan fingerprint density at radius 1 is 0.500 bits per heavy atom. The Morgan fingerprint density at radius 3 is 1.50 bits per heavy atom. The van der Waals surface area contributed by atoms with Crippen molar-refractivity contribution >= 4 is 18.8 Å². The van der Waals surface area contributed by atoms with Gasteiger partial charge < -0.3 is 0 Å². The molecule has 8 rings (SSSR count). The van der Waals surface area contributed by atoms with Crippen LogP contribution in [0.2, 0.25) is 13.1 Å². The van der Waals surface area contributed by atoms with Crippen LogP contribution < -0.4 is 5.19 Å². The van der Waals surface area contributed by atoms with Crippen molar-refractivity contribution in [3.63, 3.8) is 0 Å². The number of fused-ring (bicyclic) bond motifs is 2. The van der Waals surface area contributed by atoms with Crippen molar-refractivity contribution in [3.05, 3.63) is 150 Å². The van der Waals surface area contributed by atoms with Gasteiger partial charge in [0.05, 0.1) is 0 Å². The standard InChI is InChI=1S/C42H35N3Si/c1-28-17-26-35-36-15-10-16-37(39(36)46(2,3)38(35)27-28)42-44-40(33-22-18-31(19-23-33)29-11-6-4-7-12-29)43-41(45-42)34-24-20-32(21-25-34)30-13-8-5-9-14-30/h4-26,28H,27H2,1-3H3. The molecule has 1 aliphatic heterocycles. The van der Waals surface area contributed by atoms with E-state index >= 15 is 0 Å². The molecule has 46 heavy (non-hydrogen) atoms. The number of hydrogen-bond donors (Lipinski definition) is 0. The van der Waals surface area contributed by atoms with E-state index in [0.29, 0.717) is 17.6 Å². The molecule has 4 heteroatoms.